The van der Waals surface area contributed by atoms with Crippen molar-refractivity contribution in [3.63, 3.8) is 0 Å². The molecule has 0 aliphatic carbocycles. The van der Waals surface area contributed by atoms with Gasteiger partial charge in [0.25, 0.3) is 5.89 Å². The van der Waals surface area contributed by atoms with Crippen LogP contribution in [0.4, 0.5) is 19.0 Å². The highest BCUT2D eigenvalue weighted by molar-refractivity contribution is 6.30. The van der Waals surface area contributed by atoms with E-state index in [-0.39, 0.29) is 23.2 Å². The number of pyridine rings is 1. The molecule has 3 heterocycles. The highest BCUT2D eigenvalue weighted by atomic mass is 35.5. The van der Waals surface area contributed by atoms with E-state index in [1.165, 1.54) is 12.3 Å². The Morgan fingerprint density at radius 3 is 2.28 bits per heavy atom. The number of nitrogens with zero attached hydrogens (tertiary/aromatic N) is 5. The van der Waals surface area contributed by atoms with Crippen molar-refractivity contribution in [2.24, 2.45) is 0 Å². The van der Waals surface area contributed by atoms with Gasteiger partial charge in [0.15, 0.2) is 0 Å². The third kappa shape index (κ3) is 4.02. The summed E-state index contributed by atoms with van der Waals surface area (Å²) in [5.41, 5.74) is 5.32. The van der Waals surface area contributed by atoms with Crippen LogP contribution in [-0.4, -0.2) is 25.1 Å². The lowest BCUT2D eigenvalue weighted by Gasteiger charge is -2.09. The van der Waals surface area contributed by atoms with E-state index in [0.29, 0.717) is 22.0 Å². The Labute approximate surface area is 166 Å². The Hall–Kier alpha value is -3.53. The molecule has 29 heavy (non-hydrogen) atoms. The summed E-state index contributed by atoms with van der Waals surface area (Å²) >= 11 is 5.84. The van der Waals surface area contributed by atoms with Crippen molar-refractivity contribution >= 4 is 17.4 Å². The van der Waals surface area contributed by atoms with Gasteiger partial charge in [0.1, 0.15) is 11.5 Å². The summed E-state index contributed by atoms with van der Waals surface area (Å²) in [6, 6.07) is 10.2. The largest absolute Gasteiger partial charge is 0.433 e. The predicted octanol–water partition coefficient (Wildman–Crippen LogP) is 4.51. The molecule has 0 spiro atoms. The van der Waals surface area contributed by atoms with E-state index in [1.807, 2.05) is 0 Å². The first-order valence-electron chi connectivity index (χ1n) is 8.08. The fourth-order valence-electron chi connectivity index (χ4n) is 2.43. The molecule has 0 atom stereocenters. The zero-order valence-corrected chi connectivity index (χ0v) is 15.1. The first-order valence-corrected chi connectivity index (χ1v) is 8.45. The van der Waals surface area contributed by atoms with Crippen LogP contribution in [0.5, 0.6) is 0 Å². The van der Waals surface area contributed by atoms with Crippen molar-refractivity contribution in [2.45, 2.75) is 6.18 Å². The zero-order valence-electron chi connectivity index (χ0n) is 14.4. The standard InChI is InChI=1S/C18H10ClF3N6O/c19-11-4-1-9(2-5-11)12-7-13(18(20,21)22)26-16(25-12)17-27-15(28-29-17)10-3-6-14(23)24-8-10/h1-8H,(H2,23,24). The van der Waals surface area contributed by atoms with Crippen LogP contribution in [-0.2, 0) is 6.18 Å². The van der Waals surface area contributed by atoms with Gasteiger partial charge in [-0.1, -0.05) is 28.9 Å². The smallest absolute Gasteiger partial charge is 0.384 e. The summed E-state index contributed by atoms with van der Waals surface area (Å²) in [7, 11) is 0. The monoisotopic (exact) mass is 418 g/mol. The van der Waals surface area contributed by atoms with Gasteiger partial charge in [-0.15, -0.1) is 0 Å². The van der Waals surface area contributed by atoms with Crippen LogP contribution in [0.3, 0.4) is 0 Å². The molecule has 0 aliphatic heterocycles. The number of nitrogens with two attached hydrogens (primary N) is 1. The van der Waals surface area contributed by atoms with Crippen molar-refractivity contribution in [3.05, 3.63) is 59.4 Å². The average molecular weight is 419 g/mol. The molecule has 146 valence electrons. The molecule has 4 aromatic rings. The molecular weight excluding hydrogens is 409 g/mol. The maximum absolute atomic E-state index is 13.4. The second kappa shape index (κ2) is 7.13. The van der Waals surface area contributed by atoms with Crippen LogP contribution in [0.2, 0.25) is 5.02 Å². The van der Waals surface area contributed by atoms with E-state index in [0.717, 1.165) is 6.07 Å². The summed E-state index contributed by atoms with van der Waals surface area (Å²) in [5.74, 6) is -0.210. The lowest BCUT2D eigenvalue weighted by atomic mass is 10.1. The van der Waals surface area contributed by atoms with Crippen molar-refractivity contribution < 1.29 is 17.7 Å². The maximum Gasteiger partial charge on any atom is 0.433 e. The number of halogens is 4. The molecular formula is C18H10ClF3N6O. The van der Waals surface area contributed by atoms with Crippen molar-refractivity contribution in [1.29, 1.82) is 0 Å². The second-order valence-corrected chi connectivity index (χ2v) is 6.30. The van der Waals surface area contributed by atoms with Gasteiger partial charge in [-0.05, 0) is 30.3 Å². The SMILES string of the molecule is Nc1ccc(-c2noc(-c3nc(-c4ccc(Cl)cc4)cc(C(F)(F)F)n3)n2)cn1. The first kappa shape index (κ1) is 18.8. The van der Waals surface area contributed by atoms with Crippen LogP contribution in [0.15, 0.2) is 53.2 Å². The second-order valence-electron chi connectivity index (χ2n) is 5.86. The van der Waals surface area contributed by atoms with Crippen LogP contribution in [0.25, 0.3) is 34.4 Å². The van der Waals surface area contributed by atoms with Gasteiger partial charge in [-0.3, -0.25) is 0 Å². The van der Waals surface area contributed by atoms with Crippen LogP contribution >= 0.6 is 11.6 Å². The third-order valence-electron chi connectivity index (χ3n) is 3.82. The molecule has 0 unspecified atom stereocenters. The van der Waals surface area contributed by atoms with Crippen LogP contribution < -0.4 is 5.73 Å². The molecule has 0 radical (unpaired) electrons. The normalized spacial score (nSPS) is 11.6. The minimum absolute atomic E-state index is 0.0351. The highest BCUT2D eigenvalue weighted by Crippen LogP contribution is 2.32. The Bertz CT molecular complexity index is 1160. The summed E-state index contributed by atoms with van der Waals surface area (Å²) in [4.78, 5) is 15.7. The van der Waals surface area contributed by atoms with Crippen LogP contribution in [0.1, 0.15) is 5.69 Å². The fourth-order valence-corrected chi connectivity index (χ4v) is 2.55. The van der Waals surface area contributed by atoms with E-state index in [4.69, 9.17) is 21.9 Å². The molecule has 7 nitrogen and oxygen atoms in total. The molecule has 0 fully saturated rings. The first-order chi connectivity index (χ1) is 13.8. The summed E-state index contributed by atoms with van der Waals surface area (Å²) in [5, 5.41) is 4.20. The third-order valence-corrected chi connectivity index (χ3v) is 4.07. The van der Waals surface area contributed by atoms with Crippen LogP contribution in [0, 0.1) is 0 Å². The number of alkyl halides is 3. The number of rotatable bonds is 3. The lowest BCUT2D eigenvalue weighted by Crippen LogP contribution is -2.10. The van der Waals surface area contributed by atoms with E-state index < -0.39 is 11.9 Å². The molecule has 11 heteroatoms. The van der Waals surface area contributed by atoms with Gasteiger partial charge in [0.05, 0.1) is 5.69 Å². The number of nitrogen functional groups attached to an aromatic ring is 1. The van der Waals surface area contributed by atoms with Gasteiger partial charge in [-0.25, -0.2) is 15.0 Å². The quantitative estimate of drug-likeness (QED) is 0.522. The van der Waals surface area contributed by atoms with E-state index in [1.54, 1.807) is 30.3 Å². The Kier molecular flexibility index (Phi) is 4.63. The molecule has 0 saturated carbocycles. The number of hydrogen-bond acceptors (Lipinski definition) is 7. The molecule has 0 bridgehead atoms. The molecule has 0 amide bonds. The summed E-state index contributed by atoms with van der Waals surface area (Å²) < 4.78 is 45.1. The highest BCUT2D eigenvalue weighted by Gasteiger charge is 2.34. The number of hydrogen-bond donors (Lipinski definition) is 1. The van der Waals surface area contributed by atoms with Crippen molar-refractivity contribution in [2.75, 3.05) is 5.73 Å². The molecule has 0 saturated heterocycles. The van der Waals surface area contributed by atoms with E-state index in [9.17, 15) is 13.2 Å². The van der Waals surface area contributed by atoms with Gasteiger partial charge in [-0.2, -0.15) is 18.2 Å². The average Bonchev–Trinajstić information content (AvgIpc) is 3.18. The van der Waals surface area contributed by atoms with Crippen molar-refractivity contribution in [1.82, 2.24) is 25.1 Å². The van der Waals surface area contributed by atoms with E-state index >= 15 is 0 Å². The molecule has 1 aromatic carbocycles. The molecule has 2 N–H and O–H groups in total. The molecule has 0 aliphatic rings. The van der Waals surface area contributed by atoms with Gasteiger partial charge in [0.2, 0.25) is 11.6 Å². The van der Waals surface area contributed by atoms with Gasteiger partial charge < -0.3 is 10.3 Å². The number of aromatic nitrogens is 5. The molecule has 4 rings (SSSR count). The summed E-state index contributed by atoms with van der Waals surface area (Å²) in [6.07, 6.45) is -3.28. The topological polar surface area (TPSA) is 104 Å². The Morgan fingerprint density at radius 1 is 0.897 bits per heavy atom. The fraction of sp³-hybridized carbons (Fsp3) is 0.0556. The maximum atomic E-state index is 13.4. The minimum Gasteiger partial charge on any atom is -0.384 e. The minimum atomic E-state index is -4.69. The Morgan fingerprint density at radius 2 is 1.62 bits per heavy atom. The van der Waals surface area contributed by atoms with Gasteiger partial charge >= 0.3 is 6.18 Å². The molecule has 3 aromatic heterocycles. The van der Waals surface area contributed by atoms with Gasteiger partial charge in [0, 0.05) is 22.3 Å². The Balaban J connectivity index is 1.80. The number of anilines is 1. The zero-order chi connectivity index (χ0) is 20.6. The predicted molar refractivity (Wildman–Crippen MR) is 98.4 cm³/mol. The summed E-state index contributed by atoms with van der Waals surface area (Å²) in [6.45, 7) is 0. The number of benzene rings is 1. The van der Waals surface area contributed by atoms with E-state index in [2.05, 4.69) is 25.1 Å². The lowest BCUT2D eigenvalue weighted by molar-refractivity contribution is -0.141. The van der Waals surface area contributed by atoms with Crippen molar-refractivity contribution in [3.8, 4) is 34.4 Å².